The molecule has 2 fully saturated rings. The molecule has 7 heteroatoms. The number of thioether (sulfide) groups is 1. The third-order valence-electron chi connectivity index (χ3n) is 6.98. The van der Waals surface area contributed by atoms with Gasteiger partial charge in [-0.25, -0.2) is 4.68 Å². The number of aromatic nitrogens is 5. The highest BCUT2D eigenvalue weighted by molar-refractivity contribution is 7.98. The fourth-order valence-electron chi connectivity index (χ4n) is 4.99. The van der Waals surface area contributed by atoms with Gasteiger partial charge < -0.3 is 4.90 Å². The number of nitrogens with zero attached hydrogens (tertiary/aromatic N) is 6. The van der Waals surface area contributed by atoms with Gasteiger partial charge in [0.05, 0.1) is 11.4 Å². The van der Waals surface area contributed by atoms with Crippen molar-refractivity contribution in [2.45, 2.75) is 68.8 Å². The maximum atomic E-state index is 5.04. The molecule has 3 aliphatic rings. The molecule has 0 bridgehead atoms. The van der Waals surface area contributed by atoms with Crippen LogP contribution in [0, 0.1) is 5.92 Å². The molecule has 31 heavy (non-hydrogen) atoms. The highest BCUT2D eigenvalue weighted by atomic mass is 32.2. The summed E-state index contributed by atoms with van der Waals surface area (Å²) < 4.78 is 4.60. The molecular formula is C24H30N6S. The maximum absolute atomic E-state index is 5.04. The molecule has 0 spiro atoms. The Balaban J connectivity index is 1.25. The average Bonchev–Trinajstić information content (AvgIpc) is 3.21. The summed E-state index contributed by atoms with van der Waals surface area (Å²) in [5.74, 6) is 2.78. The topological polar surface area (TPSA) is 51.8 Å². The Morgan fingerprint density at radius 3 is 2.58 bits per heavy atom. The van der Waals surface area contributed by atoms with E-state index in [2.05, 4.69) is 61.6 Å². The second kappa shape index (κ2) is 8.01. The van der Waals surface area contributed by atoms with Crippen LogP contribution < -0.4 is 4.90 Å². The molecule has 0 radical (unpaired) electrons. The van der Waals surface area contributed by atoms with Crippen molar-refractivity contribution in [3.05, 3.63) is 47.3 Å². The minimum atomic E-state index is 0.583. The second-order valence-corrected chi connectivity index (χ2v) is 10.3. The first-order chi connectivity index (χ1) is 15.3. The van der Waals surface area contributed by atoms with Crippen LogP contribution in [-0.2, 0) is 18.6 Å². The van der Waals surface area contributed by atoms with Crippen molar-refractivity contribution in [2.75, 3.05) is 18.0 Å². The van der Waals surface area contributed by atoms with E-state index in [1.54, 1.807) is 0 Å². The molecule has 1 saturated heterocycles. The monoisotopic (exact) mass is 434 g/mol. The van der Waals surface area contributed by atoms with Crippen molar-refractivity contribution in [1.29, 1.82) is 0 Å². The fourth-order valence-corrected chi connectivity index (χ4v) is 5.96. The first-order valence-corrected chi connectivity index (χ1v) is 12.7. The second-order valence-electron chi connectivity index (χ2n) is 9.31. The quantitative estimate of drug-likeness (QED) is 0.521. The van der Waals surface area contributed by atoms with Crippen molar-refractivity contribution in [1.82, 2.24) is 24.5 Å². The molecule has 0 amide bonds. The summed E-state index contributed by atoms with van der Waals surface area (Å²) in [5, 5.41) is 15.4. The number of hydrogen-bond acceptors (Lipinski definition) is 5. The SMILES string of the molecule is CC1CCN(c2nnc(SCc3nn(-c4ccccc4)c4c3CCC4)n2C2CC2)CC1. The van der Waals surface area contributed by atoms with E-state index in [4.69, 9.17) is 5.10 Å². The molecular weight excluding hydrogens is 404 g/mol. The Morgan fingerprint density at radius 2 is 1.81 bits per heavy atom. The molecule has 6 rings (SSSR count). The lowest BCUT2D eigenvalue weighted by molar-refractivity contribution is 0.429. The number of hydrogen-bond donors (Lipinski definition) is 0. The van der Waals surface area contributed by atoms with Crippen LogP contribution in [0.15, 0.2) is 35.5 Å². The largest absolute Gasteiger partial charge is 0.341 e. The predicted octanol–water partition coefficient (Wildman–Crippen LogP) is 4.82. The van der Waals surface area contributed by atoms with E-state index in [-0.39, 0.29) is 0 Å². The van der Waals surface area contributed by atoms with Crippen LogP contribution in [0.2, 0.25) is 0 Å². The van der Waals surface area contributed by atoms with E-state index in [9.17, 15) is 0 Å². The minimum Gasteiger partial charge on any atom is -0.341 e. The van der Waals surface area contributed by atoms with Crippen molar-refractivity contribution in [3.63, 3.8) is 0 Å². The zero-order chi connectivity index (χ0) is 20.8. The minimum absolute atomic E-state index is 0.583. The number of anilines is 1. The molecule has 3 heterocycles. The molecule has 1 aromatic carbocycles. The summed E-state index contributed by atoms with van der Waals surface area (Å²) in [4.78, 5) is 2.46. The highest BCUT2D eigenvalue weighted by Crippen LogP contribution is 2.42. The van der Waals surface area contributed by atoms with Gasteiger partial charge in [0.2, 0.25) is 5.95 Å². The Bertz CT molecular complexity index is 1060. The smallest absolute Gasteiger partial charge is 0.228 e. The third kappa shape index (κ3) is 3.67. The Hall–Kier alpha value is -2.28. The number of fused-ring (bicyclic) bond motifs is 1. The van der Waals surface area contributed by atoms with E-state index in [1.807, 2.05) is 11.8 Å². The van der Waals surface area contributed by atoms with Gasteiger partial charge in [-0.15, -0.1) is 10.2 Å². The highest BCUT2D eigenvalue weighted by Gasteiger charge is 2.33. The van der Waals surface area contributed by atoms with Crippen LogP contribution in [0.3, 0.4) is 0 Å². The molecule has 0 N–H and O–H groups in total. The molecule has 2 aliphatic carbocycles. The fraction of sp³-hybridized carbons (Fsp3) is 0.542. The number of piperidine rings is 1. The van der Waals surface area contributed by atoms with Gasteiger partial charge in [-0.3, -0.25) is 4.57 Å². The Labute approximate surface area is 188 Å². The van der Waals surface area contributed by atoms with Crippen molar-refractivity contribution >= 4 is 17.7 Å². The molecule has 0 unspecified atom stereocenters. The van der Waals surface area contributed by atoms with Crippen LogP contribution >= 0.6 is 11.8 Å². The summed E-state index contributed by atoms with van der Waals surface area (Å²) in [6.07, 6.45) is 8.50. The van der Waals surface area contributed by atoms with E-state index in [0.29, 0.717) is 6.04 Å². The van der Waals surface area contributed by atoms with Crippen LogP contribution in [-0.4, -0.2) is 37.6 Å². The third-order valence-corrected chi connectivity index (χ3v) is 7.93. The Morgan fingerprint density at radius 1 is 1.00 bits per heavy atom. The van der Waals surface area contributed by atoms with Gasteiger partial charge in [-0.2, -0.15) is 5.10 Å². The summed E-state index contributed by atoms with van der Waals surface area (Å²) in [6.45, 7) is 4.56. The molecule has 1 saturated carbocycles. The lowest BCUT2D eigenvalue weighted by atomic mass is 10.00. The number of para-hydroxylation sites is 1. The van der Waals surface area contributed by atoms with Gasteiger partial charge in [0.1, 0.15) is 0 Å². The first kappa shape index (κ1) is 19.4. The first-order valence-electron chi connectivity index (χ1n) is 11.8. The zero-order valence-electron chi connectivity index (χ0n) is 18.2. The van der Waals surface area contributed by atoms with Crippen molar-refractivity contribution in [3.8, 4) is 5.69 Å². The van der Waals surface area contributed by atoms with Gasteiger partial charge in [0.25, 0.3) is 0 Å². The molecule has 0 atom stereocenters. The maximum Gasteiger partial charge on any atom is 0.228 e. The lowest BCUT2D eigenvalue weighted by Gasteiger charge is -2.31. The van der Waals surface area contributed by atoms with Crippen molar-refractivity contribution in [2.24, 2.45) is 5.92 Å². The summed E-state index contributed by atoms with van der Waals surface area (Å²) in [6, 6.07) is 11.1. The zero-order valence-corrected chi connectivity index (χ0v) is 19.0. The van der Waals surface area contributed by atoms with Gasteiger partial charge in [-0.1, -0.05) is 36.9 Å². The normalized spacial score (nSPS) is 19.2. The van der Waals surface area contributed by atoms with Crippen LogP contribution in [0.5, 0.6) is 0 Å². The van der Waals surface area contributed by atoms with E-state index in [1.165, 1.54) is 54.7 Å². The van der Waals surface area contributed by atoms with E-state index in [0.717, 1.165) is 48.7 Å². The molecule has 1 aliphatic heterocycles. The molecule has 6 nitrogen and oxygen atoms in total. The number of benzene rings is 1. The molecule has 2 aromatic heterocycles. The molecule has 162 valence electrons. The standard InChI is InChI=1S/C24H30N6S/c1-17-12-14-28(15-13-17)23-25-26-24(29(23)18-10-11-18)31-16-21-20-8-5-9-22(20)30(27-21)19-6-3-2-4-7-19/h2-4,6-7,17-18H,5,8-16H2,1H3. The summed E-state index contributed by atoms with van der Waals surface area (Å²) >= 11 is 1.82. The summed E-state index contributed by atoms with van der Waals surface area (Å²) in [5.41, 5.74) is 5.24. The summed E-state index contributed by atoms with van der Waals surface area (Å²) in [7, 11) is 0. The molecule has 3 aromatic rings. The lowest BCUT2D eigenvalue weighted by Crippen LogP contribution is -2.34. The van der Waals surface area contributed by atoms with Gasteiger partial charge in [0.15, 0.2) is 5.16 Å². The van der Waals surface area contributed by atoms with Gasteiger partial charge in [0, 0.05) is 30.6 Å². The van der Waals surface area contributed by atoms with E-state index >= 15 is 0 Å². The predicted molar refractivity (Wildman–Crippen MR) is 124 cm³/mol. The average molecular weight is 435 g/mol. The van der Waals surface area contributed by atoms with Crippen LogP contribution in [0.4, 0.5) is 5.95 Å². The van der Waals surface area contributed by atoms with Gasteiger partial charge in [-0.05, 0) is 68.6 Å². The van der Waals surface area contributed by atoms with Crippen LogP contribution in [0.25, 0.3) is 5.69 Å². The van der Waals surface area contributed by atoms with Crippen LogP contribution in [0.1, 0.15) is 62.0 Å². The number of rotatable bonds is 6. The Kier molecular flexibility index (Phi) is 5.01. The van der Waals surface area contributed by atoms with E-state index < -0.39 is 0 Å². The van der Waals surface area contributed by atoms with Gasteiger partial charge >= 0.3 is 0 Å². The van der Waals surface area contributed by atoms with Crippen molar-refractivity contribution < 1.29 is 0 Å².